The van der Waals surface area contributed by atoms with Crippen LogP contribution in [0.5, 0.6) is 23.0 Å². The summed E-state index contributed by atoms with van der Waals surface area (Å²) in [5, 5.41) is 2.74. The van der Waals surface area contributed by atoms with E-state index in [0.717, 1.165) is 23.6 Å². The van der Waals surface area contributed by atoms with Gasteiger partial charge in [0.25, 0.3) is 5.56 Å². The quantitative estimate of drug-likeness (QED) is 0.311. The third kappa shape index (κ3) is 4.15. The predicted octanol–water partition coefficient (Wildman–Crippen LogP) is 4.73. The first kappa shape index (κ1) is 25.6. The SMILES string of the molecule is CCCC(C)(C)C(=O)N(C)CCn1c(=O)c2cc(OC)c(OC)cc2c2cnc3cc4c(cc3c21)OCO4. The summed E-state index contributed by atoms with van der Waals surface area (Å²) in [5.74, 6) is 2.26. The molecule has 9 nitrogen and oxygen atoms in total. The summed E-state index contributed by atoms with van der Waals surface area (Å²) in [6, 6.07) is 7.21. The highest BCUT2D eigenvalue weighted by molar-refractivity contribution is 6.15. The number of pyridine rings is 2. The van der Waals surface area contributed by atoms with Crippen LogP contribution in [0, 0.1) is 5.41 Å². The van der Waals surface area contributed by atoms with Gasteiger partial charge in [0.1, 0.15) is 0 Å². The molecule has 2 aromatic carbocycles. The van der Waals surface area contributed by atoms with Gasteiger partial charge in [-0.1, -0.05) is 27.2 Å². The normalized spacial score (nSPS) is 12.9. The second-order valence-electron chi connectivity index (χ2n) is 10.3. The van der Waals surface area contributed by atoms with Crippen molar-refractivity contribution in [1.29, 1.82) is 0 Å². The molecule has 1 amide bonds. The molecule has 5 rings (SSSR count). The molecule has 0 saturated heterocycles. The second kappa shape index (κ2) is 9.70. The smallest absolute Gasteiger partial charge is 0.259 e. The van der Waals surface area contributed by atoms with Gasteiger partial charge in [-0.2, -0.15) is 0 Å². The molecular weight excluding hydrogens is 486 g/mol. The van der Waals surface area contributed by atoms with Gasteiger partial charge >= 0.3 is 0 Å². The van der Waals surface area contributed by atoms with Crippen molar-refractivity contribution in [3.8, 4) is 23.0 Å². The molecule has 0 bridgehead atoms. The minimum Gasteiger partial charge on any atom is -0.493 e. The van der Waals surface area contributed by atoms with Crippen molar-refractivity contribution in [2.75, 3.05) is 34.6 Å². The number of aromatic nitrogens is 2. The van der Waals surface area contributed by atoms with Crippen LogP contribution in [0.1, 0.15) is 33.6 Å². The van der Waals surface area contributed by atoms with E-state index in [1.807, 2.05) is 32.0 Å². The minimum atomic E-state index is -0.474. The number of carbonyl (C=O) groups is 1. The fraction of sp³-hybridized carbons (Fsp3) is 0.414. The van der Waals surface area contributed by atoms with Gasteiger partial charge in [-0.05, 0) is 24.6 Å². The molecule has 0 atom stereocenters. The lowest BCUT2D eigenvalue weighted by atomic mass is 9.86. The van der Waals surface area contributed by atoms with Crippen LogP contribution in [-0.4, -0.2) is 55.0 Å². The van der Waals surface area contributed by atoms with Gasteiger partial charge in [-0.25, -0.2) is 0 Å². The highest BCUT2D eigenvalue weighted by Gasteiger charge is 2.29. The molecule has 0 spiro atoms. The van der Waals surface area contributed by atoms with Gasteiger partial charge in [0.15, 0.2) is 23.0 Å². The van der Waals surface area contributed by atoms with Crippen molar-refractivity contribution in [2.45, 2.75) is 40.2 Å². The second-order valence-corrected chi connectivity index (χ2v) is 10.3. The number of likely N-dealkylation sites (N-methyl/N-ethyl adjacent to an activating group) is 1. The van der Waals surface area contributed by atoms with Crippen LogP contribution in [0.15, 0.2) is 35.3 Å². The van der Waals surface area contributed by atoms with Crippen LogP contribution in [0.25, 0.3) is 32.6 Å². The zero-order valence-electron chi connectivity index (χ0n) is 22.7. The highest BCUT2D eigenvalue weighted by Crippen LogP contribution is 2.40. The van der Waals surface area contributed by atoms with E-state index in [0.29, 0.717) is 57.9 Å². The summed E-state index contributed by atoms with van der Waals surface area (Å²) < 4.78 is 23.9. The summed E-state index contributed by atoms with van der Waals surface area (Å²) in [6.45, 7) is 6.81. The molecule has 4 aromatic rings. The number of fused-ring (bicyclic) bond motifs is 6. The molecule has 1 aliphatic heterocycles. The summed E-state index contributed by atoms with van der Waals surface area (Å²) in [7, 11) is 4.90. The average molecular weight is 520 g/mol. The van der Waals surface area contributed by atoms with E-state index in [9.17, 15) is 9.59 Å². The number of rotatable bonds is 8. The Kier molecular flexibility index (Phi) is 6.54. The largest absolute Gasteiger partial charge is 0.493 e. The Hall–Kier alpha value is -4.01. The third-order valence-corrected chi connectivity index (χ3v) is 7.35. The monoisotopic (exact) mass is 519 g/mol. The summed E-state index contributed by atoms with van der Waals surface area (Å²) in [6.07, 6.45) is 3.48. The van der Waals surface area contributed by atoms with Crippen molar-refractivity contribution in [2.24, 2.45) is 5.41 Å². The number of hydrogen-bond donors (Lipinski definition) is 0. The number of ether oxygens (including phenoxy) is 4. The Labute approximate surface area is 220 Å². The van der Waals surface area contributed by atoms with Crippen LogP contribution in [0.4, 0.5) is 0 Å². The average Bonchev–Trinajstić information content (AvgIpc) is 3.37. The van der Waals surface area contributed by atoms with Crippen LogP contribution < -0.4 is 24.5 Å². The fourth-order valence-corrected chi connectivity index (χ4v) is 5.40. The van der Waals surface area contributed by atoms with Crippen LogP contribution in [0.3, 0.4) is 0 Å². The van der Waals surface area contributed by atoms with Crippen LogP contribution >= 0.6 is 0 Å². The Morgan fingerprint density at radius 2 is 1.68 bits per heavy atom. The van der Waals surface area contributed by atoms with E-state index in [-0.39, 0.29) is 18.3 Å². The number of nitrogens with zero attached hydrogens (tertiary/aromatic N) is 3. The number of carbonyl (C=O) groups excluding carboxylic acids is 1. The lowest BCUT2D eigenvalue weighted by Gasteiger charge is -2.29. The third-order valence-electron chi connectivity index (χ3n) is 7.35. The first-order valence-electron chi connectivity index (χ1n) is 12.8. The summed E-state index contributed by atoms with van der Waals surface area (Å²) >= 11 is 0. The maximum atomic E-state index is 14.1. The van der Waals surface area contributed by atoms with Crippen molar-refractivity contribution < 1.29 is 23.7 Å². The molecular formula is C29H33N3O6. The first-order chi connectivity index (χ1) is 18.2. The number of amides is 1. The Balaban J connectivity index is 1.73. The van der Waals surface area contributed by atoms with Gasteiger partial charge in [0, 0.05) is 54.0 Å². The zero-order chi connectivity index (χ0) is 27.2. The van der Waals surface area contributed by atoms with E-state index >= 15 is 0 Å². The molecule has 0 radical (unpaired) electrons. The number of methoxy groups -OCH3 is 2. The molecule has 0 aliphatic carbocycles. The van der Waals surface area contributed by atoms with Gasteiger partial charge in [0.2, 0.25) is 12.7 Å². The maximum Gasteiger partial charge on any atom is 0.259 e. The Morgan fingerprint density at radius 1 is 1.03 bits per heavy atom. The topological polar surface area (TPSA) is 92.1 Å². The molecule has 0 saturated carbocycles. The first-order valence-corrected chi connectivity index (χ1v) is 12.8. The van der Waals surface area contributed by atoms with Crippen LogP contribution in [-0.2, 0) is 11.3 Å². The predicted molar refractivity (Wildman–Crippen MR) is 147 cm³/mol. The molecule has 38 heavy (non-hydrogen) atoms. The molecule has 0 N–H and O–H groups in total. The van der Waals surface area contributed by atoms with E-state index in [4.69, 9.17) is 23.9 Å². The van der Waals surface area contributed by atoms with Gasteiger partial charge in [-0.3, -0.25) is 14.6 Å². The fourth-order valence-electron chi connectivity index (χ4n) is 5.40. The van der Waals surface area contributed by atoms with E-state index in [1.54, 1.807) is 43.0 Å². The standard InChI is InChI=1S/C29H33N3O6/c1-7-8-29(2,3)28(34)31(4)9-10-32-26-19-13-24-25(38-16-37-24)14-21(19)30-15-20(26)17-11-22(35-5)23(36-6)12-18(17)27(32)33/h11-15H,7-10,16H2,1-6H3. The molecule has 0 fully saturated rings. The number of benzene rings is 2. The maximum absolute atomic E-state index is 14.1. The van der Waals surface area contributed by atoms with Crippen molar-refractivity contribution in [3.05, 3.63) is 40.8 Å². The van der Waals surface area contributed by atoms with Gasteiger partial charge in [0.05, 0.1) is 30.6 Å². The zero-order valence-corrected chi connectivity index (χ0v) is 22.7. The molecule has 3 heterocycles. The van der Waals surface area contributed by atoms with Gasteiger partial charge < -0.3 is 28.4 Å². The summed E-state index contributed by atoms with van der Waals surface area (Å²) in [4.78, 5) is 33.7. The number of hydrogen-bond acceptors (Lipinski definition) is 7. The van der Waals surface area contributed by atoms with E-state index < -0.39 is 5.41 Å². The Morgan fingerprint density at radius 3 is 2.34 bits per heavy atom. The van der Waals surface area contributed by atoms with E-state index in [2.05, 4.69) is 6.92 Å². The lowest BCUT2D eigenvalue weighted by molar-refractivity contribution is -0.139. The molecule has 200 valence electrons. The van der Waals surface area contributed by atoms with Gasteiger partial charge in [-0.15, -0.1) is 0 Å². The van der Waals surface area contributed by atoms with Crippen molar-refractivity contribution in [1.82, 2.24) is 14.5 Å². The molecule has 0 unspecified atom stereocenters. The molecule has 9 heteroatoms. The Bertz CT molecular complexity index is 1620. The van der Waals surface area contributed by atoms with Crippen molar-refractivity contribution >= 4 is 38.5 Å². The van der Waals surface area contributed by atoms with Crippen molar-refractivity contribution in [3.63, 3.8) is 0 Å². The lowest BCUT2D eigenvalue weighted by Crippen LogP contribution is -2.40. The minimum absolute atomic E-state index is 0.0544. The van der Waals surface area contributed by atoms with E-state index in [1.165, 1.54) is 0 Å². The summed E-state index contributed by atoms with van der Waals surface area (Å²) in [5.41, 5.74) is 0.737. The van der Waals surface area contributed by atoms with Crippen LogP contribution in [0.2, 0.25) is 0 Å². The molecule has 1 aliphatic rings. The highest BCUT2D eigenvalue weighted by atomic mass is 16.7. The molecule has 2 aromatic heterocycles.